The summed E-state index contributed by atoms with van der Waals surface area (Å²) in [6.45, 7) is 4.97. The van der Waals surface area contributed by atoms with Crippen molar-refractivity contribution >= 4 is 17.5 Å². The highest BCUT2D eigenvalue weighted by atomic mass is 16.5. The molecule has 2 rings (SSSR count). The van der Waals surface area contributed by atoms with E-state index in [1.165, 1.54) is 6.26 Å². The summed E-state index contributed by atoms with van der Waals surface area (Å²) in [5, 5.41) is 12.2. The van der Waals surface area contributed by atoms with Crippen molar-refractivity contribution in [2.75, 3.05) is 17.2 Å². The van der Waals surface area contributed by atoms with Crippen LogP contribution in [0.5, 0.6) is 0 Å². The Labute approximate surface area is 116 Å². The smallest absolute Gasteiger partial charge is 0.319 e. The number of urea groups is 1. The van der Waals surface area contributed by atoms with Gasteiger partial charge >= 0.3 is 6.03 Å². The molecule has 0 aliphatic rings. The summed E-state index contributed by atoms with van der Waals surface area (Å²) in [5.41, 5.74) is 2.16. The third kappa shape index (κ3) is 3.71. The Hall–Kier alpha value is -2.57. The summed E-state index contributed by atoms with van der Waals surface area (Å²) in [4.78, 5) is 15.9. The van der Waals surface area contributed by atoms with Crippen molar-refractivity contribution in [3.8, 4) is 0 Å². The van der Waals surface area contributed by atoms with Gasteiger partial charge in [-0.15, -0.1) is 0 Å². The lowest BCUT2D eigenvalue weighted by atomic mass is 10.2. The van der Waals surface area contributed by atoms with Crippen molar-refractivity contribution in [2.45, 2.75) is 20.4 Å². The largest absolute Gasteiger partial charge is 0.370 e. The van der Waals surface area contributed by atoms with Crippen molar-refractivity contribution in [1.29, 1.82) is 0 Å². The Morgan fingerprint density at radius 2 is 2.30 bits per heavy atom. The van der Waals surface area contributed by atoms with Crippen molar-refractivity contribution in [1.82, 2.24) is 15.5 Å². The summed E-state index contributed by atoms with van der Waals surface area (Å²) in [6.07, 6.45) is 3.10. The predicted molar refractivity (Wildman–Crippen MR) is 75.5 cm³/mol. The third-order valence-electron chi connectivity index (χ3n) is 2.63. The molecular formula is C13H17N5O2. The summed E-state index contributed by atoms with van der Waals surface area (Å²) in [5.74, 6) is 0.794. The van der Waals surface area contributed by atoms with Crippen LogP contribution >= 0.6 is 0 Å². The first-order chi connectivity index (χ1) is 9.69. The van der Waals surface area contributed by atoms with Crippen LogP contribution in [0, 0.1) is 6.92 Å². The van der Waals surface area contributed by atoms with Gasteiger partial charge in [-0.1, -0.05) is 5.16 Å². The number of hydrogen-bond acceptors (Lipinski definition) is 5. The molecular weight excluding hydrogens is 258 g/mol. The van der Waals surface area contributed by atoms with Gasteiger partial charge in [0, 0.05) is 19.3 Å². The van der Waals surface area contributed by atoms with Gasteiger partial charge in [-0.2, -0.15) is 0 Å². The van der Waals surface area contributed by atoms with E-state index in [0.717, 1.165) is 17.9 Å². The Morgan fingerprint density at radius 1 is 1.45 bits per heavy atom. The summed E-state index contributed by atoms with van der Waals surface area (Å²) in [7, 11) is 0. The quantitative estimate of drug-likeness (QED) is 0.777. The molecule has 2 aromatic rings. The highest BCUT2D eigenvalue weighted by molar-refractivity contribution is 5.89. The molecule has 2 amide bonds. The fraction of sp³-hybridized carbons (Fsp3) is 0.308. The van der Waals surface area contributed by atoms with Gasteiger partial charge in [0.15, 0.2) is 0 Å². The SMILES string of the molecule is CCNc1cc(CNC(=O)Nc2conc2C)ccn1. The van der Waals surface area contributed by atoms with E-state index in [1.807, 2.05) is 19.1 Å². The minimum absolute atomic E-state index is 0.307. The van der Waals surface area contributed by atoms with Crippen LogP contribution < -0.4 is 16.0 Å². The minimum atomic E-state index is -0.307. The average molecular weight is 275 g/mol. The Kier molecular flexibility index (Phi) is 4.54. The Bertz CT molecular complexity index is 582. The average Bonchev–Trinajstić information content (AvgIpc) is 2.83. The van der Waals surface area contributed by atoms with E-state index in [4.69, 9.17) is 4.52 Å². The molecule has 0 aliphatic carbocycles. The first-order valence-corrected chi connectivity index (χ1v) is 6.33. The fourth-order valence-corrected chi connectivity index (χ4v) is 1.62. The number of aromatic nitrogens is 2. The van der Waals surface area contributed by atoms with Crippen molar-refractivity contribution in [3.05, 3.63) is 35.9 Å². The maximum absolute atomic E-state index is 11.7. The van der Waals surface area contributed by atoms with E-state index in [2.05, 4.69) is 26.1 Å². The monoisotopic (exact) mass is 275 g/mol. The van der Waals surface area contributed by atoms with Gasteiger partial charge in [0.25, 0.3) is 0 Å². The van der Waals surface area contributed by atoms with E-state index in [-0.39, 0.29) is 6.03 Å². The van der Waals surface area contributed by atoms with Crippen LogP contribution in [0.1, 0.15) is 18.2 Å². The first-order valence-electron chi connectivity index (χ1n) is 6.33. The van der Waals surface area contributed by atoms with Crippen LogP contribution in [0.3, 0.4) is 0 Å². The number of nitrogens with zero attached hydrogens (tertiary/aromatic N) is 2. The van der Waals surface area contributed by atoms with Gasteiger partial charge in [-0.25, -0.2) is 9.78 Å². The number of aryl methyl sites for hydroxylation is 1. The standard InChI is InChI=1S/C13H17N5O2/c1-3-14-12-6-10(4-5-15-12)7-16-13(19)17-11-8-20-18-9(11)2/h4-6,8H,3,7H2,1-2H3,(H,14,15)(H2,16,17,19). The lowest BCUT2D eigenvalue weighted by molar-refractivity contribution is 0.251. The molecule has 0 saturated carbocycles. The zero-order chi connectivity index (χ0) is 14.4. The zero-order valence-corrected chi connectivity index (χ0v) is 11.4. The minimum Gasteiger partial charge on any atom is -0.370 e. The molecule has 20 heavy (non-hydrogen) atoms. The van der Waals surface area contributed by atoms with Gasteiger partial charge in [0.1, 0.15) is 23.5 Å². The highest BCUT2D eigenvalue weighted by Gasteiger charge is 2.07. The fourth-order valence-electron chi connectivity index (χ4n) is 1.62. The maximum Gasteiger partial charge on any atom is 0.319 e. The molecule has 7 nitrogen and oxygen atoms in total. The summed E-state index contributed by atoms with van der Waals surface area (Å²) in [6, 6.07) is 3.44. The molecule has 2 heterocycles. The molecule has 0 aliphatic heterocycles. The Morgan fingerprint density at radius 3 is 3.00 bits per heavy atom. The molecule has 106 valence electrons. The van der Waals surface area contributed by atoms with Crippen LogP contribution in [0.2, 0.25) is 0 Å². The molecule has 0 fully saturated rings. The van der Waals surface area contributed by atoms with Crippen LogP contribution in [-0.4, -0.2) is 22.7 Å². The predicted octanol–water partition coefficient (Wildman–Crippen LogP) is 2.13. The molecule has 0 saturated heterocycles. The second-order valence-electron chi connectivity index (χ2n) is 4.20. The van der Waals surface area contributed by atoms with E-state index in [9.17, 15) is 4.79 Å². The first kappa shape index (κ1) is 13.9. The van der Waals surface area contributed by atoms with Crippen LogP contribution in [-0.2, 0) is 6.54 Å². The number of anilines is 2. The van der Waals surface area contributed by atoms with Crippen LogP contribution in [0.25, 0.3) is 0 Å². The van der Waals surface area contributed by atoms with E-state index in [0.29, 0.717) is 17.9 Å². The zero-order valence-electron chi connectivity index (χ0n) is 11.4. The topological polar surface area (TPSA) is 92.1 Å². The number of carbonyl (C=O) groups excluding carboxylic acids is 1. The number of rotatable bonds is 5. The highest BCUT2D eigenvalue weighted by Crippen LogP contribution is 2.11. The van der Waals surface area contributed by atoms with Gasteiger partial charge in [-0.3, -0.25) is 0 Å². The Balaban J connectivity index is 1.87. The molecule has 7 heteroatoms. The van der Waals surface area contributed by atoms with Crippen molar-refractivity contribution in [3.63, 3.8) is 0 Å². The molecule has 0 atom stereocenters. The van der Waals surface area contributed by atoms with Gasteiger partial charge in [0.05, 0.1) is 0 Å². The molecule has 0 spiro atoms. The van der Waals surface area contributed by atoms with E-state index < -0.39 is 0 Å². The van der Waals surface area contributed by atoms with Crippen LogP contribution in [0.4, 0.5) is 16.3 Å². The maximum atomic E-state index is 11.7. The third-order valence-corrected chi connectivity index (χ3v) is 2.63. The van der Waals surface area contributed by atoms with Crippen molar-refractivity contribution < 1.29 is 9.32 Å². The number of pyridine rings is 1. The molecule has 0 unspecified atom stereocenters. The summed E-state index contributed by atoms with van der Waals surface area (Å²) < 4.78 is 4.74. The molecule has 0 aromatic carbocycles. The summed E-state index contributed by atoms with van der Waals surface area (Å²) >= 11 is 0. The molecule has 2 aromatic heterocycles. The van der Waals surface area contributed by atoms with Gasteiger partial charge in [0.2, 0.25) is 0 Å². The number of hydrogen-bond donors (Lipinski definition) is 3. The molecule has 3 N–H and O–H groups in total. The number of carbonyl (C=O) groups is 1. The second kappa shape index (κ2) is 6.55. The molecule has 0 radical (unpaired) electrons. The lowest BCUT2D eigenvalue weighted by Crippen LogP contribution is -2.28. The van der Waals surface area contributed by atoms with Gasteiger partial charge in [-0.05, 0) is 31.5 Å². The lowest BCUT2D eigenvalue weighted by Gasteiger charge is -2.08. The number of amides is 2. The second-order valence-corrected chi connectivity index (χ2v) is 4.20. The van der Waals surface area contributed by atoms with Gasteiger partial charge < -0.3 is 20.5 Å². The van der Waals surface area contributed by atoms with Crippen molar-refractivity contribution in [2.24, 2.45) is 0 Å². The normalized spacial score (nSPS) is 10.1. The number of nitrogens with one attached hydrogen (secondary N) is 3. The van der Waals surface area contributed by atoms with E-state index >= 15 is 0 Å². The molecule has 0 bridgehead atoms. The van der Waals surface area contributed by atoms with E-state index in [1.54, 1.807) is 13.1 Å². The van der Waals surface area contributed by atoms with Crippen LogP contribution in [0.15, 0.2) is 29.1 Å².